The summed E-state index contributed by atoms with van der Waals surface area (Å²) in [5.74, 6) is 0.146. The number of amides is 1. The summed E-state index contributed by atoms with van der Waals surface area (Å²) in [5.41, 5.74) is 1.49. The first-order valence-corrected chi connectivity index (χ1v) is 4.99. The molecule has 0 spiro atoms. The van der Waals surface area contributed by atoms with E-state index in [2.05, 4.69) is 5.32 Å². The first-order valence-electron chi connectivity index (χ1n) is 4.99. The summed E-state index contributed by atoms with van der Waals surface area (Å²) in [7, 11) is 1.53. The summed E-state index contributed by atoms with van der Waals surface area (Å²) in [4.78, 5) is 22.4. The van der Waals surface area contributed by atoms with Gasteiger partial charge in [-0.3, -0.25) is 9.59 Å². The molecule has 4 nitrogen and oxygen atoms in total. The molecule has 0 heterocycles. The average Bonchev–Trinajstić information content (AvgIpc) is 2.26. The van der Waals surface area contributed by atoms with Crippen molar-refractivity contribution in [1.29, 1.82) is 0 Å². The lowest BCUT2D eigenvalue weighted by atomic mass is 10.1. The maximum atomic E-state index is 11.4. The zero-order chi connectivity index (χ0) is 12.1. The quantitative estimate of drug-likeness (QED) is 0.780. The minimum Gasteiger partial charge on any atom is -0.483 e. The van der Waals surface area contributed by atoms with Crippen LogP contribution in [0.25, 0.3) is 0 Å². The van der Waals surface area contributed by atoms with Crippen molar-refractivity contribution in [2.45, 2.75) is 13.8 Å². The van der Waals surface area contributed by atoms with Crippen molar-refractivity contribution >= 4 is 11.7 Å². The van der Waals surface area contributed by atoms with Crippen LogP contribution in [0.1, 0.15) is 22.8 Å². The van der Waals surface area contributed by atoms with E-state index in [0.29, 0.717) is 11.3 Å². The summed E-state index contributed by atoms with van der Waals surface area (Å²) in [6.45, 7) is 3.29. The molecular formula is C12H15NO3. The third kappa shape index (κ3) is 3.08. The fourth-order valence-corrected chi connectivity index (χ4v) is 1.26. The summed E-state index contributed by atoms with van der Waals surface area (Å²) >= 11 is 0. The van der Waals surface area contributed by atoms with Crippen LogP contribution in [0.15, 0.2) is 18.2 Å². The Kier molecular flexibility index (Phi) is 4.05. The molecule has 0 aromatic heterocycles. The summed E-state index contributed by atoms with van der Waals surface area (Å²) in [5, 5.41) is 2.45. The lowest BCUT2D eigenvalue weighted by molar-refractivity contribution is -0.122. The maximum absolute atomic E-state index is 11.4. The van der Waals surface area contributed by atoms with E-state index in [1.807, 2.05) is 13.0 Å². The molecule has 0 fully saturated rings. The van der Waals surface area contributed by atoms with E-state index in [1.165, 1.54) is 14.0 Å². The van der Waals surface area contributed by atoms with Gasteiger partial charge < -0.3 is 10.1 Å². The van der Waals surface area contributed by atoms with Crippen molar-refractivity contribution in [1.82, 2.24) is 5.32 Å². The monoisotopic (exact) mass is 221 g/mol. The van der Waals surface area contributed by atoms with E-state index < -0.39 is 0 Å². The molecule has 0 saturated heterocycles. The Bertz CT molecular complexity index is 413. The number of ketones is 1. The molecule has 1 aromatic carbocycles. The molecule has 0 saturated carbocycles. The van der Waals surface area contributed by atoms with Crippen LogP contribution in [0.3, 0.4) is 0 Å². The van der Waals surface area contributed by atoms with Crippen molar-refractivity contribution in [3.63, 3.8) is 0 Å². The van der Waals surface area contributed by atoms with Crippen LogP contribution in [0, 0.1) is 6.92 Å². The largest absolute Gasteiger partial charge is 0.483 e. The third-order valence-electron chi connectivity index (χ3n) is 2.15. The van der Waals surface area contributed by atoms with E-state index in [1.54, 1.807) is 12.1 Å². The lowest BCUT2D eigenvalue weighted by Crippen LogP contribution is -2.25. The van der Waals surface area contributed by atoms with Crippen LogP contribution in [0.4, 0.5) is 0 Å². The number of hydrogen-bond acceptors (Lipinski definition) is 3. The molecule has 1 amide bonds. The van der Waals surface area contributed by atoms with Crippen molar-refractivity contribution in [3.8, 4) is 5.75 Å². The van der Waals surface area contributed by atoms with Gasteiger partial charge in [0.2, 0.25) is 0 Å². The molecule has 1 N–H and O–H groups in total. The Morgan fingerprint density at radius 3 is 2.62 bits per heavy atom. The van der Waals surface area contributed by atoms with Gasteiger partial charge in [-0.25, -0.2) is 0 Å². The molecule has 0 aliphatic carbocycles. The van der Waals surface area contributed by atoms with Crippen molar-refractivity contribution in [2.24, 2.45) is 0 Å². The normalized spacial score (nSPS) is 9.69. The molecule has 0 atom stereocenters. The van der Waals surface area contributed by atoms with Gasteiger partial charge in [-0.05, 0) is 26.0 Å². The van der Waals surface area contributed by atoms with Gasteiger partial charge in [-0.15, -0.1) is 0 Å². The average molecular weight is 221 g/mol. The van der Waals surface area contributed by atoms with Crippen molar-refractivity contribution in [2.75, 3.05) is 13.7 Å². The SMILES string of the molecule is CNC(=O)COc1ccc(C)cc1C(C)=O. The van der Waals surface area contributed by atoms with Gasteiger partial charge in [0, 0.05) is 7.05 Å². The number of ether oxygens (including phenoxy) is 1. The van der Waals surface area contributed by atoms with Gasteiger partial charge in [0.15, 0.2) is 12.4 Å². The zero-order valence-electron chi connectivity index (χ0n) is 9.66. The second kappa shape index (κ2) is 5.30. The predicted octanol–water partition coefficient (Wildman–Crippen LogP) is 1.32. The highest BCUT2D eigenvalue weighted by molar-refractivity contribution is 5.97. The fraction of sp³-hybridized carbons (Fsp3) is 0.333. The lowest BCUT2D eigenvalue weighted by Gasteiger charge is -2.09. The Balaban J connectivity index is 2.87. The Labute approximate surface area is 94.6 Å². The highest BCUT2D eigenvalue weighted by atomic mass is 16.5. The Hall–Kier alpha value is -1.84. The van der Waals surface area contributed by atoms with Gasteiger partial charge in [0.05, 0.1) is 5.56 Å². The van der Waals surface area contributed by atoms with E-state index in [9.17, 15) is 9.59 Å². The van der Waals surface area contributed by atoms with Gasteiger partial charge in [-0.1, -0.05) is 11.6 Å². The van der Waals surface area contributed by atoms with E-state index in [0.717, 1.165) is 5.56 Å². The van der Waals surface area contributed by atoms with E-state index in [4.69, 9.17) is 4.74 Å². The van der Waals surface area contributed by atoms with Crippen LogP contribution in [-0.4, -0.2) is 25.3 Å². The minimum atomic E-state index is -0.227. The molecule has 0 aliphatic rings. The molecule has 1 rings (SSSR count). The van der Waals surface area contributed by atoms with Crippen molar-refractivity contribution in [3.05, 3.63) is 29.3 Å². The zero-order valence-corrected chi connectivity index (χ0v) is 9.66. The third-order valence-corrected chi connectivity index (χ3v) is 2.15. The topological polar surface area (TPSA) is 55.4 Å². The number of carbonyl (C=O) groups excluding carboxylic acids is 2. The Morgan fingerprint density at radius 1 is 1.38 bits per heavy atom. The number of Topliss-reactive ketones (excluding diaryl/α,β-unsaturated/α-hetero) is 1. The summed E-state index contributed by atoms with van der Waals surface area (Å²) < 4.78 is 5.27. The van der Waals surface area contributed by atoms with Crippen LogP contribution >= 0.6 is 0 Å². The summed E-state index contributed by atoms with van der Waals surface area (Å²) in [6.07, 6.45) is 0. The highest BCUT2D eigenvalue weighted by Gasteiger charge is 2.09. The minimum absolute atomic E-state index is 0.0735. The number of nitrogens with one attached hydrogen (secondary N) is 1. The highest BCUT2D eigenvalue weighted by Crippen LogP contribution is 2.20. The molecular weight excluding hydrogens is 206 g/mol. The number of hydrogen-bond donors (Lipinski definition) is 1. The number of likely N-dealkylation sites (N-methyl/N-ethyl adjacent to an activating group) is 1. The van der Waals surface area contributed by atoms with Gasteiger partial charge in [0.1, 0.15) is 5.75 Å². The van der Waals surface area contributed by atoms with E-state index >= 15 is 0 Å². The molecule has 0 aliphatic heterocycles. The predicted molar refractivity (Wildman–Crippen MR) is 60.7 cm³/mol. The number of aryl methyl sites for hydroxylation is 1. The first-order chi connectivity index (χ1) is 7.54. The smallest absolute Gasteiger partial charge is 0.257 e. The van der Waals surface area contributed by atoms with E-state index in [-0.39, 0.29) is 18.3 Å². The second-order valence-corrected chi connectivity index (χ2v) is 3.52. The van der Waals surface area contributed by atoms with Crippen molar-refractivity contribution < 1.29 is 14.3 Å². The second-order valence-electron chi connectivity index (χ2n) is 3.52. The standard InChI is InChI=1S/C12H15NO3/c1-8-4-5-11(10(6-8)9(2)14)16-7-12(15)13-3/h4-6H,7H2,1-3H3,(H,13,15). The molecule has 0 radical (unpaired) electrons. The Morgan fingerprint density at radius 2 is 2.06 bits per heavy atom. The summed E-state index contributed by atoms with van der Waals surface area (Å²) in [6, 6.07) is 5.29. The van der Waals surface area contributed by atoms with Crippen LogP contribution < -0.4 is 10.1 Å². The van der Waals surface area contributed by atoms with Crippen LogP contribution in [0.5, 0.6) is 5.75 Å². The molecule has 1 aromatic rings. The fourth-order valence-electron chi connectivity index (χ4n) is 1.26. The van der Waals surface area contributed by atoms with Crippen LogP contribution in [0.2, 0.25) is 0 Å². The number of carbonyl (C=O) groups is 2. The van der Waals surface area contributed by atoms with Gasteiger partial charge in [0.25, 0.3) is 5.91 Å². The number of rotatable bonds is 4. The molecule has 0 bridgehead atoms. The maximum Gasteiger partial charge on any atom is 0.257 e. The molecule has 0 unspecified atom stereocenters. The number of benzene rings is 1. The molecule has 86 valence electrons. The van der Waals surface area contributed by atoms with Crippen LogP contribution in [-0.2, 0) is 4.79 Å². The molecule has 16 heavy (non-hydrogen) atoms. The van der Waals surface area contributed by atoms with Gasteiger partial charge >= 0.3 is 0 Å². The van der Waals surface area contributed by atoms with Gasteiger partial charge in [-0.2, -0.15) is 0 Å². The first kappa shape index (κ1) is 12.2. The molecule has 4 heteroatoms.